The van der Waals surface area contributed by atoms with Gasteiger partial charge in [0.15, 0.2) is 0 Å². The number of hydrogen-bond acceptors (Lipinski definition) is 0. The van der Waals surface area contributed by atoms with Gasteiger partial charge in [0.1, 0.15) is 0 Å². The molecule has 0 aliphatic heterocycles. The van der Waals surface area contributed by atoms with Crippen molar-refractivity contribution in [2.45, 2.75) is 58.8 Å². The Labute approximate surface area is 117 Å². The minimum Gasteiger partial charge on any atom is -0.0911 e. The summed E-state index contributed by atoms with van der Waals surface area (Å²) in [7, 11) is 0. The standard InChI is InChI=1S/C19H26/c1-3-4-17-6-13-12-5-16(2)9-18(13)11-19(10-16,14(12)7-17)15(18)8-17/h3-4,12-15H,5-11H2,1-2H3/b4-3+. The summed E-state index contributed by atoms with van der Waals surface area (Å²) in [5, 5.41) is 0. The summed E-state index contributed by atoms with van der Waals surface area (Å²) in [6, 6.07) is 0. The van der Waals surface area contributed by atoms with E-state index in [1.54, 1.807) is 44.9 Å². The summed E-state index contributed by atoms with van der Waals surface area (Å²) in [6.07, 6.45) is 16.2. The molecule has 9 fully saturated rings. The fraction of sp³-hybridized carbons (Fsp3) is 0.895. The molecule has 0 heterocycles. The highest BCUT2D eigenvalue weighted by atomic mass is 14.9. The lowest BCUT2D eigenvalue weighted by Gasteiger charge is -2.90. The second-order valence-corrected chi connectivity index (χ2v) is 9.92. The Kier molecular flexibility index (Phi) is 1.37. The van der Waals surface area contributed by atoms with E-state index in [2.05, 4.69) is 26.0 Å². The van der Waals surface area contributed by atoms with Crippen LogP contribution in [0.15, 0.2) is 12.2 Å². The average Bonchev–Trinajstić information content (AvgIpc) is 2.34. The van der Waals surface area contributed by atoms with Crippen molar-refractivity contribution in [2.75, 3.05) is 0 Å². The monoisotopic (exact) mass is 254 g/mol. The van der Waals surface area contributed by atoms with Crippen LogP contribution in [0.5, 0.6) is 0 Å². The molecule has 0 saturated heterocycles. The Balaban J connectivity index is 1.57. The number of hydrogen-bond donors (Lipinski definition) is 0. The zero-order valence-corrected chi connectivity index (χ0v) is 12.4. The molecule has 9 rings (SSSR count). The van der Waals surface area contributed by atoms with Gasteiger partial charge in [-0.1, -0.05) is 19.1 Å². The van der Waals surface area contributed by atoms with Crippen LogP contribution >= 0.6 is 0 Å². The average molecular weight is 254 g/mol. The second-order valence-electron chi connectivity index (χ2n) is 9.92. The largest absolute Gasteiger partial charge is 0.0911 e. The quantitative estimate of drug-likeness (QED) is 0.589. The molecule has 9 aliphatic rings. The summed E-state index contributed by atoms with van der Waals surface area (Å²) in [5.74, 6) is 4.57. The van der Waals surface area contributed by atoms with Gasteiger partial charge < -0.3 is 0 Å². The predicted octanol–water partition coefficient (Wildman–Crippen LogP) is 4.81. The zero-order valence-electron chi connectivity index (χ0n) is 12.4. The van der Waals surface area contributed by atoms with Gasteiger partial charge in [-0.15, -0.1) is 0 Å². The van der Waals surface area contributed by atoms with Crippen LogP contribution in [-0.4, -0.2) is 0 Å². The van der Waals surface area contributed by atoms with Crippen LogP contribution in [-0.2, 0) is 0 Å². The maximum Gasteiger partial charge on any atom is -0.0109 e. The smallest absolute Gasteiger partial charge is 0.0109 e. The van der Waals surface area contributed by atoms with Gasteiger partial charge >= 0.3 is 0 Å². The van der Waals surface area contributed by atoms with Crippen molar-refractivity contribution in [2.24, 2.45) is 45.3 Å². The third-order valence-corrected chi connectivity index (χ3v) is 9.18. The van der Waals surface area contributed by atoms with Gasteiger partial charge in [-0.2, -0.15) is 0 Å². The van der Waals surface area contributed by atoms with Crippen molar-refractivity contribution >= 4 is 0 Å². The van der Waals surface area contributed by atoms with E-state index in [0.717, 1.165) is 39.9 Å². The van der Waals surface area contributed by atoms with Crippen LogP contribution in [0, 0.1) is 45.3 Å². The molecule has 9 aliphatic carbocycles. The van der Waals surface area contributed by atoms with Crippen molar-refractivity contribution in [3.8, 4) is 0 Å². The lowest BCUT2D eigenvalue weighted by Crippen LogP contribution is -2.83. The van der Waals surface area contributed by atoms with Crippen LogP contribution in [0.3, 0.4) is 0 Å². The van der Waals surface area contributed by atoms with E-state index in [-0.39, 0.29) is 0 Å². The Morgan fingerprint density at radius 2 is 1.58 bits per heavy atom. The predicted molar refractivity (Wildman–Crippen MR) is 76.5 cm³/mol. The van der Waals surface area contributed by atoms with E-state index in [4.69, 9.17) is 0 Å². The minimum atomic E-state index is 0.656. The Morgan fingerprint density at radius 3 is 2.21 bits per heavy atom. The van der Waals surface area contributed by atoms with Crippen molar-refractivity contribution in [1.82, 2.24) is 0 Å². The maximum atomic E-state index is 2.65. The number of allylic oxidation sites excluding steroid dienone is 2. The van der Waals surface area contributed by atoms with Gasteiger partial charge in [-0.3, -0.25) is 0 Å². The third-order valence-electron chi connectivity index (χ3n) is 9.18. The summed E-state index contributed by atoms with van der Waals surface area (Å²) in [6.45, 7) is 4.89. The van der Waals surface area contributed by atoms with Gasteiger partial charge in [0.05, 0.1) is 0 Å². The molecule has 0 nitrogen and oxygen atoms in total. The van der Waals surface area contributed by atoms with E-state index in [1.807, 2.05) is 0 Å². The van der Waals surface area contributed by atoms with Gasteiger partial charge in [0, 0.05) is 0 Å². The SMILES string of the molecule is C/C=C/C12CC3C4CC5(C)CC36CC(C5)(C4C1)C6C2. The van der Waals surface area contributed by atoms with Crippen LogP contribution in [0.2, 0.25) is 0 Å². The second kappa shape index (κ2) is 2.48. The van der Waals surface area contributed by atoms with E-state index < -0.39 is 0 Å². The first-order valence-electron chi connectivity index (χ1n) is 8.69. The molecule has 0 radical (unpaired) electrons. The first-order valence-corrected chi connectivity index (χ1v) is 8.69. The highest BCUT2D eigenvalue weighted by Crippen LogP contribution is 2.93. The molecule has 2 spiro atoms. The fourth-order valence-electron chi connectivity index (χ4n) is 9.70. The summed E-state index contributed by atoms with van der Waals surface area (Å²) < 4.78 is 0. The zero-order chi connectivity index (χ0) is 12.7. The van der Waals surface area contributed by atoms with E-state index in [1.165, 1.54) is 0 Å². The minimum absolute atomic E-state index is 0.656. The van der Waals surface area contributed by atoms with Gasteiger partial charge in [0.2, 0.25) is 0 Å². The summed E-state index contributed by atoms with van der Waals surface area (Å²) in [4.78, 5) is 0. The normalized spacial score (nSPS) is 74.0. The number of rotatable bonds is 1. The molecular weight excluding hydrogens is 228 g/mol. The molecule has 0 heteroatoms. The summed E-state index contributed by atoms with van der Waals surface area (Å²) >= 11 is 0. The lowest BCUT2D eigenvalue weighted by molar-refractivity contribution is -0.413. The molecule has 4 atom stereocenters. The molecule has 102 valence electrons. The topological polar surface area (TPSA) is 0 Å². The molecule has 19 heavy (non-hydrogen) atoms. The maximum absolute atomic E-state index is 2.65. The molecule has 0 aromatic rings. The van der Waals surface area contributed by atoms with E-state index in [9.17, 15) is 0 Å². The first kappa shape index (κ1) is 10.5. The van der Waals surface area contributed by atoms with Crippen LogP contribution in [0.4, 0.5) is 0 Å². The van der Waals surface area contributed by atoms with Crippen LogP contribution in [0.25, 0.3) is 0 Å². The van der Waals surface area contributed by atoms with Gasteiger partial charge in [0.25, 0.3) is 0 Å². The fourth-order valence-corrected chi connectivity index (χ4v) is 9.70. The van der Waals surface area contributed by atoms with Gasteiger partial charge in [-0.05, 0) is 97.2 Å². The van der Waals surface area contributed by atoms with Gasteiger partial charge in [-0.25, -0.2) is 0 Å². The third kappa shape index (κ3) is 0.808. The molecule has 0 amide bonds. The molecule has 0 aromatic heterocycles. The van der Waals surface area contributed by atoms with E-state index >= 15 is 0 Å². The van der Waals surface area contributed by atoms with Crippen molar-refractivity contribution in [3.05, 3.63) is 12.2 Å². The molecule has 0 aromatic carbocycles. The highest BCUT2D eigenvalue weighted by molar-refractivity contribution is 5.36. The molecule has 9 saturated carbocycles. The van der Waals surface area contributed by atoms with Crippen molar-refractivity contribution < 1.29 is 0 Å². The molecular formula is C19H26. The Morgan fingerprint density at radius 1 is 0.895 bits per heavy atom. The molecule has 4 unspecified atom stereocenters. The van der Waals surface area contributed by atoms with Crippen molar-refractivity contribution in [1.29, 1.82) is 0 Å². The Bertz CT molecular complexity index is 478. The molecule has 0 N–H and O–H groups in total. The van der Waals surface area contributed by atoms with Crippen LogP contribution in [0.1, 0.15) is 58.8 Å². The Hall–Kier alpha value is -0.260. The van der Waals surface area contributed by atoms with Crippen LogP contribution < -0.4 is 0 Å². The lowest BCUT2D eigenvalue weighted by atomic mass is 9.14. The molecule has 8 bridgehead atoms. The first-order chi connectivity index (χ1) is 9.05. The summed E-state index contributed by atoms with van der Waals surface area (Å²) in [5.41, 5.74) is 3.14. The van der Waals surface area contributed by atoms with Crippen molar-refractivity contribution in [3.63, 3.8) is 0 Å². The highest BCUT2D eigenvalue weighted by Gasteiger charge is 2.85. The van der Waals surface area contributed by atoms with E-state index in [0.29, 0.717) is 5.41 Å².